The number of esters is 1. The Morgan fingerprint density at radius 3 is 2.61 bits per heavy atom. The first-order valence-electron chi connectivity index (χ1n) is 7.42. The number of methoxy groups -OCH3 is 1. The van der Waals surface area contributed by atoms with E-state index in [1.165, 1.54) is 7.11 Å². The van der Waals surface area contributed by atoms with E-state index < -0.39 is 23.7 Å². The van der Waals surface area contributed by atoms with Crippen molar-refractivity contribution in [3.05, 3.63) is 36.0 Å². The number of ether oxygens (including phenoxy) is 2. The van der Waals surface area contributed by atoms with E-state index in [1.807, 2.05) is 30.5 Å². The number of benzene rings is 1. The molecule has 1 amide bonds. The molecule has 1 aromatic heterocycles. The number of hydrogen-bond acceptors (Lipinski definition) is 4. The van der Waals surface area contributed by atoms with E-state index >= 15 is 0 Å². The van der Waals surface area contributed by atoms with E-state index in [9.17, 15) is 9.59 Å². The Hall–Kier alpha value is -2.50. The molecule has 1 heterocycles. The Morgan fingerprint density at radius 2 is 1.96 bits per heavy atom. The summed E-state index contributed by atoms with van der Waals surface area (Å²) in [7, 11) is 1.29. The smallest absolute Gasteiger partial charge is 0.408 e. The average molecular weight is 318 g/mol. The number of fused-ring (bicyclic) bond motifs is 1. The maximum Gasteiger partial charge on any atom is 0.408 e. The van der Waals surface area contributed by atoms with Crippen LogP contribution in [0.25, 0.3) is 10.9 Å². The van der Waals surface area contributed by atoms with E-state index in [4.69, 9.17) is 9.47 Å². The number of amides is 1. The van der Waals surface area contributed by atoms with Crippen LogP contribution in [0.2, 0.25) is 0 Å². The summed E-state index contributed by atoms with van der Waals surface area (Å²) < 4.78 is 9.99. The maximum atomic E-state index is 12.0. The number of hydrogen-bond donors (Lipinski definition) is 2. The Labute approximate surface area is 135 Å². The number of nitrogens with one attached hydrogen (secondary N) is 2. The van der Waals surface area contributed by atoms with E-state index in [0.717, 1.165) is 16.5 Å². The van der Waals surface area contributed by atoms with Crippen LogP contribution < -0.4 is 5.32 Å². The SMILES string of the molecule is COC(=O)C(Cc1c[nH]c2ccccc12)NC(=O)OC(C)(C)C. The minimum absolute atomic E-state index is 0.315. The van der Waals surface area contributed by atoms with Crippen LogP contribution in [0.1, 0.15) is 26.3 Å². The van der Waals surface area contributed by atoms with Crippen LogP contribution in [-0.2, 0) is 20.7 Å². The summed E-state index contributed by atoms with van der Waals surface area (Å²) in [5.74, 6) is -0.513. The molecule has 6 heteroatoms. The van der Waals surface area contributed by atoms with Gasteiger partial charge in [0.1, 0.15) is 11.6 Å². The molecule has 6 nitrogen and oxygen atoms in total. The lowest BCUT2D eigenvalue weighted by Crippen LogP contribution is -2.45. The lowest BCUT2D eigenvalue weighted by Gasteiger charge is -2.22. The molecular formula is C17H22N2O4. The van der Waals surface area contributed by atoms with E-state index in [-0.39, 0.29) is 0 Å². The summed E-state index contributed by atoms with van der Waals surface area (Å²) in [6, 6.07) is 6.96. The van der Waals surface area contributed by atoms with Gasteiger partial charge in [0.05, 0.1) is 7.11 Å². The fraction of sp³-hybridized carbons (Fsp3) is 0.412. The minimum atomic E-state index is -0.811. The molecule has 0 aliphatic rings. The summed E-state index contributed by atoms with van der Waals surface area (Å²) in [6.07, 6.45) is 1.50. The molecule has 0 fully saturated rings. The van der Waals surface area contributed by atoms with Gasteiger partial charge in [0, 0.05) is 23.5 Å². The highest BCUT2D eigenvalue weighted by Gasteiger charge is 2.26. The molecule has 2 N–H and O–H groups in total. The van der Waals surface area contributed by atoms with Crippen LogP contribution >= 0.6 is 0 Å². The van der Waals surface area contributed by atoms with Crippen molar-refractivity contribution in [3.8, 4) is 0 Å². The fourth-order valence-corrected chi connectivity index (χ4v) is 2.31. The number of rotatable bonds is 4. The Bertz CT molecular complexity index is 700. The van der Waals surface area contributed by atoms with Gasteiger partial charge in [0.15, 0.2) is 0 Å². The second-order valence-electron chi connectivity index (χ2n) is 6.29. The lowest BCUT2D eigenvalue weighted by atomic mass is 10.1. The third kappa shape index (κ3) is 4.48. The number of aromatic nitrogens is 1. The molecule has 124 valence electrons. The van der Waals surface area contributed by atoms with Crippen molar-refractivity contribution >= 4 is 23.0 Å². The second-order valence-corrected chi connectivity index (χ2v) is 6.29. The van der Waals surface area contributed by atoms with Crippen LogP contribution in [-0.4, -0.2) is 35.8 Å². The largest absolute Gasteiger partial charge is 0.467 e. The molecule has 2 aromatic rings. The van der Waals surface area contributed by atoms with Crippen molar-refractivity contribution < 1.29 is 19.1 Å². The molecule has 0 spiro atoms. The molecule has 1 atom stereocenters. The summed E-state index contributed by atoms with van der Waals surface area (Å²) >= 11 is 0. The Kier molecular flexibility index (Phi) is 4.93. The van der Waals surface area contributed by atoms with Crippen molar-refractivity contribution in [1.82, 2.24) is 10.3 Å². The van der Waals surface area contributed by atoms with Gasteiger partial charge in [-0.15, -0.1) is 0 Å². The van der Waals surface area contributed by atoms with Gasteiger partial charge in [-0.2, -0.15) is 0 Å². The summed E-state index contributed by atoms with van der Waals surface area (Å²) in [6.45, 7) is 5.29. The quantitative estimate of drug-likeness (QED) is 0.850. The summed E-state index contributed by atoms with van der Waals surface area (Å²) in [4.78, 5) is 27.1. The minimum Gasteiger partial charge on any atom is -0.467 e. The van der Waals surface area contributed by atoms with Crippen molar-refractivity contribution in [1.29, 1.82) is 0 Å². The van der Waals surface area contributed by atoms with Crippen LogP contribution in [0.5, 0.6) is 0 Å². The van der Waals surface area contributed by atoms with Gasteiger partial charge < -0.3 is 19.8 Å². The number of H-pyrrole nitrogens is 1. The van der Waals surface area contributed by atoms with Crippen LogP contribution in [0, 0.1) is 0 Å². The first kappa shape index (κ1) is 16.9. The lowest BCUT2D eigenvalue weighted by molar-refractivity contribution is -0.143. The molecule has 0 bridgehead atoms. The monoisotopic (exact) mass is 318 g/mol. The number of carbonyl (C=O) groups excluding carboxylic acids is 2. The molecule has 1 unspecified atom stereocenters. The highest BCUT2D eigenvalue weighted by atomic mass is 16.6. The predicted molar refractivity (Wildman–Crippen MR) is 87.2 cm³/mol. The number of aromatic amines is 1. The molecule has 2 rings (SSSR count). The maximum absolute atomic E-state index is 12.0. The van der Waals surface area contributed by atoms with Crippen LogP contribution in [0.3, 0.4) is 0 Å². The summed E-state index contributed by atoms with van der Waals surface area (Å²) in [5, 5.41) is 3.58. The zero-order valence-corrected chi connectivity index (χ0v) is 13.8. The Balaban J connectivity index is 2.16. The van der Waals surface area contributed by atoms with Crippen molar-refractivity contribution in [2.45, 2.75) is 38.8 Å². The van der Waals surface area contributed by atoms with Gasteiger partial charge in [0.2, 0.25) is 0 Å². The van der Waals surface area contributed by atoms with E-state index in [2.05, 4.69) is 10.3 Å². The van der Waals surface area contributed by atoms with Gasteiger partial charge in [-0.3, -0.25) is 0 Å². The third-order valence-electron chi connectivity index (χ3n) is 3.28. The van der Waals surface area contributed by atoms with Gasteiger partial charge >= 0.3 is 12.1 Å². The van der Waals surface area contributed by atoms with Crippen LogP contribution in [0.4, 0.5) is 4.79 Å². The van der Waals surface area contributed by atoms with E-state index in [0.29, 0.717) is 6.42 Å². The average Bonchev–Trinajstić information content (AvgIpc) is 2.87. The molecule has 0 saturated heterocycles. The molecule has 0 aliphatic carbocycles. The van der Waals surface area contributed by atoms with Crippen molar-refractivity contribution in [3.63, 3.8) is 0 Å². The van der Waals surface area contributed by atoms with Crippen molar-refractivity contribution in [2.24, 2.45) is 0 Å². The highest BCUT2D eigenvalue weighted by molar-refractivity contribution is 5.86. The topological polar surface area (TPSA) is 80.4 Å². The number of para-hydroxylation sites is 1. The highest BCUT2D eigenvalue weighted by Crippen LogP contribution is 2.19. The van der Waals surface area contributed by atoms with Gasteiger partial charge in [-0.05, 0) is 32.4 Å². The number of carbonyl (C=O) groups is 2. The van der Waals surface area contributed by atoms with Gasteiger partial charge in [-0.1, -0.05) is 18.2 Å². The summed E-state index contributed by atoms with van der Waals surface area (Å²) in [5.41, 5.74) is 1.27. The third-order valence-corrected chi connectivity index (χ3v) is 3.28. The molecule has 0 aliphatic heterocycles. The van der Waals surface area contributed by atoms with Gasteiger partial charge in [0.25, 0.3) is 0 Å². The zero-order valence-electron chi connectivity index (χ0n) is 13.8. The number of alkyl carbamates (subject to hydrolysis) is 1. The fourth-order valence-electron chi connectivity index (χ4n) is 2.31. The van der Waals surface area contributed by atoms with Crippen molar-refractivity contribution in [2.75, 3.05) is 7.11 Å². The molecular weight excluding hydrogens is 296 g/mol. The molecule has 23 heavy (non-hydrogen) atoms. The second kappa shape index (κ2) is 6.73. The van der Waals surface area contributed by atoms with Crippen LogP contribution in [0.15, 0.2) is 30.5 Å². The molecule has 1 aromatic carbocycles. The predicted octanol–water partition coefficient (Wildman–Crippen LogP) is 2.78. The molecule has 0 saturated carbocycles. The first-order valence-corrected chi connectivity index (χ1v) is 7.42. The standard InChI is InChI=1S/C17H22N2O4/c1-17(2,3)23-16(21)19-14(15(20)22-4)9-11-10-18-13-8-6-5-7-12(11)13/h5-8,10,14,18H,9H2,1-4H3,(H,19,21). The van der Waals surface area contributed by atoms with Gasteiger partial charge in [-0.25, -0.2) is 9.59 Å². The first-order chi connectivity index (χ1) is 10.8. The molecule has 0 radical (unpaired) electrons. The zero-order chi connectivity index (χ0) is 17.0. The Morgan fingerprint density at radius 1 is 1.26 bits per heavy atom. The van der Waals surface area contributed by atoms with E-state index in [1.54, 1.807) is 20.8 Å². The normalized spacial score (nSPS) is 12.7.